The lowest BCUT2D eigenvalue weighted by molar-refractivity contribution is 0.0660. The first-order chi connectivity index (χ1) is 9.77. The summed E-state index contributed by atoms with van der Waals surface area (Å²) in [5.74, 6) is -1.22. The Morgan fingerprint density at radius 1 is 1.38 bits per heavy atom. The maximum absolute atomic E-state index is 12.0. The number of hydrogen-bond acceptors (Lipinski definition) is 5. The van der Waals surface area contributed by atoms with Gasteiger partial charge in [-0.25, -0.2) is 9.78 Å². The predicted molar refractivity (Wildman–Crippen MR) is 77.7 cm³/mol. The van der Waals surface area contributed by atoms with Gasteiger partial charge in [-0.05, 0) is 12.1 Å². The first-order valence-corrected chi connectivity index (χ1v) is 7.21. The molecule has 112 valence electrons. The number of nitrogens with one attached hydrogen (secondary N) is 1. The van der Waals surface area contributed by atoms with Gasteiger partial charge in [0.1, 0.15) is 11.5 Å². The van der Waals surface area contributed by atoms with Crippen LogP contribution in [0, 0.1) is 0 Å². The largest absolute Gasteiger partial charge is 0.475 e. The molecule has 2 aromatic heterocycles. The quantitative estimate of drug-likeness (QED) is 0.906. The Labute approximate surface area is 125 Å². The highest BCUT2D eigenvalue weighted by Gasteiger charge is 2.20. The molecule has 0 unspecified atom stereocenters. The molecule has 1 amide bonds. The van der Waals surface area contributed by atoms with Gasteiger partial charge >= 0.3 is 5.97 Å². The molecule has 0 aliphatic rings. The fraction of sp³-hybridized carbons (Fsp3) is 0.357. The lowest BCUT2D eigenvalue weighted by Crippen LogP contribution is -2.23. The van der Waals surface area contributed by atoms with Gasteiger partial charge < -0.3 is 14.8 Å². The van der Waals surface area contributed by atoms with Crippen molar-refractivity contribution in [3.05, 3.63) is 39.7 Å². The zero-order valence-corrected chi connectivity index (χ0v) is 12.8. The van der Waals surface area contributed by atoms with Crippen molar-refractivity contribution in [2.75, 3.05) is 0 Å². The van der Waals surface area contributed by atoms with Crippen LogP contribution in [0.25, 0.3) is 0 Å². The van der Waals surface area contributed by atoms with E-state index in [1.807, 2.05) is 20.8 Å². The van der Waals surface area contributed by atoms with Gasteiger partial charge in [0, 0.05) is 10.8 Å². The number of hydrogen-bond donors (Lipinski definition) is 2. The number of rotatable bonds is 4. The van der Waals surface area contributed by atoms with Gasteiger partial charge in [-0.2, -0.15) is 0 Å². The van der Waals surface area contributed by atoms with Gasteiger partial charge in [-0.3, -0.25) is 4.79 Å². The Hall–Kier alpha value is -2.15. The van der Waals surface area contributed by atoms with Crippen LogP contribution >= 0.6 is 11.3 Å². The van der Waals surface area contributed by atoms with Crippen LogP contribution in [0.5, 0.6) is 0 Å². The molecule has 0 bridgehead atoms. The van der Waals surface area contributed by atoms with Crippen LogP contribution in [0.3, 0.4) is 0 Å². The second kappa shape index (κ2) is 5.69. The second-order valence-corrected chi connectivity index (χ2v) is 6.40. The van der Waals surface area contributed by atoms with E-state index in [-0.39, 0.29) is 23.6 Å². The second-order valence-electron chi connectivity index (χ2n) is 5.54. The number of furan rings is 1. The fourth-order valence-corrected chi connectivity index (χ4v) is 2.46. The summed E-state index contributed by atoms with van der Waals surface area (Å²) in [5, 5.41) is 14.0. The van der Waals surface area contributed by atoms with E-state index >= 15 is 0 Å². The molecule has 7 heteroatoms. The molecular formula is C14H16N2O4S. The molecular weight excluding hydrogens is 292 g/mol. The highest BCUT2D eigenvalue weighted by molar-refractivity contribution is 7.10. The smallest absolute Gasteiger partial charge is 0.371 e. The molecule has 21 heavy (non-hydrogen) atoms. The Bertz CT molecular complexity index is 667. The number of carboxylic acids is 1. The third-order valence-electron chi connectivity index (χ3n) is 2.67. The average molecular weight is 308 g/mol. The number of aromatic carboxylic acids is 1. The van der Waals surface area contributed by atoms with Crippen molar-refractivity contribution in [1.82, 2.24) is 10.3 Å². The number of thiazole rings is 1. The molecule has 0 fully saturated rings. The van der Waals surface area contributed by atoms with Gasteiger partial charge in [0.25, 0.3) is 5.91 Å². The zero-order chi connectivity index (χ0) is 15.6. The summed E-state index contributed by atoms with van der Waals surface area (Å²) >= 11 is 1.44. The standard InChI is InChI=1S/C14H16N2O4S/c1-14(2,3)13-16-9(7-21-13)11(17)15-6-8-4-5-10(20-8)12(18)19/h4-5,7H,6H2,1-3H3,(H,15,17)(H,18,19). The molecule has 0 spiro atoms. The number of carbonyl (C=O) groups is 2. The van der Waals surface area contributed by atoms with Crippen molar-refractivity contribution < 1.29 is 19.1 Å². The van der Waals surface area contributed by atoms with E-state index in [0.717, 1.165) is 5.01 Å². The molecule has 0 saturated heterocycles. The molecule has 2 N–H and O–H groups in total. The van der Waals surface area contributed by atoms with E-state index in [1.165, 1.54) is 23.5 Å². The Kier molecular flexibility index (Phi) is 4.13. The molecule has 2 heterocycles. The summed E-state index contributed by atoms with van der Waals surface area (Å²) in [6.07, 6.45) is 0. The van der Waals surface area contributed by atoms with Crippen molar-refractivity contribution in [2.45, 2.75) is 32.7 Å². The summed E-state index contributed by atoms with van der Waals surface area (Å²) in [6.45, 7) is 6.21. The van der Waals surface area contributed by atoms with Crippen LogP contribution < -0.4 is 5.32 Å². The van der Waals surface area contributed by atoms with Crippen LogP contribution in [0.15, 0.2) is 21.9 Å². The summed E-state index contributed by atoms with van der Waals surface area (Å²) in [7, 11) is 0. The number of amides is 1. The van der Waals surface area contributed by atoms with E-state index in [9.17, 15) is 9.59 Å². The summed E-state index contributed by atoms with van der Waals surface area (Å²) < 4.78 is 5.06. The molecule has 0 aromatic carbocycles. The van der Waals surface area contributed by atoms with E-state index in [4.69, 9.17) is 9.52 Å². The van der Waals surface area contributed by atoms with Crippen LogP contribution in [0.1, 0.15) is 52.6 Å². The summed E-state index contributed by atoms with van der Waals surface area (Å²) in [5.41, 5.74) is 0.260. The van der Waals surface area contributed by atoms with E-state index in [1.54, 1.807) is 5.38 Å². The SMILES string of the molecule is CC(C)(C)c1nc(C(=O)NCc2ccc(C(=O)O)o2)cs1. The fourth-order valence-electron chi connectivity index (χ4n) is 1.57. The van der Waals surface area contributed by atoms with Crippen molar-refractivity contribution in [1.29, 1.82) is 0 Å². The van der Waals surface area contributed by atoms with Crippen molar-refractivity contribution >= 4 is 23.2 Å². The molecule has 0 saturated carbocycles. The average Bonchev–Trinajstić information content (AvgIpc) is 3.04. The molecule has 6 nitrogen and oxygen atoms in total. The molecule has 0 radical (unpaired) electrons. The van der Waals surface area contributed by atoms with Gasteiger partial charge in [-0.15, -0.1) is 11.3 Å². The van der Waals surface area contributed by atoms with E-state index in [2.05, 4.69) is 10.3 Å². The molecule has 0 aliphatic heterocycles. The lowest BCUT2D eigenvalue weighted by atomic mass is 9.98. The molecule has 0 atom stereocenters. The number of carbonyl (C=O) groups excluding carboxylic acids is 1. The maximum Gasteiger partial charge on any atom is 0.371 e. The number of carboxylic acid groups (broad SMARTS) is 1. The zero-order valence-electron chi connectivity index (χ0n) is 12.0. The van der Waals surface area contributed by atoms with Crippen LogP contribution in [0.4, 0.5) is 0 Å². The Morgan fingerprint density at radius 2 is 2.10 bits per heavy atom. The van der Waals surface area contributed by atoms with Crippen molar-refractivity contribution in [2.24, 2.45) is 0 Å². The highest BCUT2D eigenvalue weighted by atomic mass is 32.1. The minimum Gasteiger partial charge on any atom is -0.475 e. The van der Waals surface area contributed by atoms with Gasteiger partial charge in [-0.1, -0.05) is 20.8 Å². The number of nitrogens with zero attached hydrogens (tertiary/aromatic N) is 1. The Morgan fingerprint density at radius 3 is 2.62 bits per heavy atom. The van der Waals surface area contributed by atoms with E-state index < -0.39 is 5.97 Å². The van der Waals surface area contributed by atoms with Crippen LogP contribution in [-0.2, 0) is 12.0 Å². The maximum atomic E-state index is 12.0. The predicted octanol–water partition coefficient (Wildman–Crippen LogP) is 2.66. The van der Waals surface area contributed by atoms with Crippen LogP contribution in [0.2, 0.25) is 0 Å². The van der Waals surface area contributed by atoms with Gasteiger partial charge in [0.2, 0.25) is 5.76 Å². The monoisotopic (exact) mass is 308 g/mol. The lowest BCUT2D eigenvalue weighted by Gasteiger charge is -2.13. The first-order valence-electron chi connectivity index (χ1n) is 6.33. The topological polar surface area (TPSA) is 92.4 Å². The van der Waals surface area contributed by atoms with Gasteiger partial charge in [0.05, 0.1) is 11.6 Å². The minimum atomic E-state index is -1.14. The molecule has 2 rings (SSSR count). The molecule has 0 aliphatic carbocycles. The third kappa shape index (κ3) is 3.69. The van der Waals surface area contributed by atoms with Crippen molar-refractivity contribution in [3.63, 3.8) is 0 Å². The summed E-state index contributed by atoms with van der Waals surface area (Å²) in [6, 6.07) is 2.87. The first kappa shape index (κ1) is 15.2. The minimum absolute atomic E-state index is 0.0966. The van der Waals surface area contributed by atoms with Gasteiger partial charge in [0.15, 0.2) is 0 Å². The molecule has 2 aromatic rings. The number of aromatic nitrogens is 1. The third-order valence-corrected chi connectivity index (χ3v) is 3.94. The van der Waals surface area contributed by atoms with Crippen molar-refractivity contribution in [3.8, 4) is 0 Å². The van der Waals surface area contributed by atoms with E-state index in [0.29, 0.717) is 11.5 Å². The Balaban J connectivity index is 1.98. The van der Waals surface area contributed by atoms with Crippen LogP contribution in [-0.4, -0.2) is 22.0 Å². The normalized spacial score (nSPS) is 11.4. The highest BCUT2D eigenvalue weighted by Crippen LogP contribution is 2.25. The summed E-state index contributed by atoms with van der Waals surface area (Å²) in [4.78, 5) is 27.0.